The molecule has 1 amide bonds. The van der Waals surface area contributed by atoms with Crippen molar-refractivity contribution in [1.82, 2.24) is 0 Å². The Morgan fingerprint density at radius 2 is 1.53 bits per heavy atom. The summed E-state index contributed by atoms with van der Waals surface area (Å²) in [6.45, 7) is -0.260. The summed E-state index contributed by atoms with van der Waals surface area (Å²) >= 11 is 15.0. The van der Waals surface area contributed by atoms with E-state index in [0.29, 0.717) is 27.2 Å². The van der Waals surface area contributed by atoms with Gasteiger partial charge in [0, 0.05) is 15.8 Å². The Bertz CT molecular complexity index is 1150. The maximum absolute atomic E-state index is 12.5. The van der Waals surface area contributed by atoms with E-state index in [2.05, 4.69) is 26.0 Å². The molecule has 0 aliphatic heterocycles. The molecule has 0 heterocycles. The highest BCUT2D eigenvalue weighted by Gasteiger charge is 2.14. The molecule has 0 bridgehead atoms. The maximum atomic E-state index is 12.5. The smallest absolute Gasteiger partial charge is 0.262 e. The third-order valence-electron chi connectivity index (χ3n) is 3.80. The fraction of sp³-hybridized carbons (Fsp3) is 0.0500. The van der Waals surface area contributed by atoms with Crippen LogP contribution in [0.5, 0.6) is 5.75 Å². The lowest BCUT2D eigenvalue weighted by atomic mass is 10.3. The normalized spacial score (nSPS) is 11.0. The van der Waals surface area contributed by atoms with Crippen molar-refractivity contribution in [3.8, 4) is 5.75 Å². The molecular weight excluding hydrogens is 515 g/mol. The Kier molecular flexibility index (Phi) is 7.25. The number of carbonyl (C=O) groups is 1. The van der Waals surface area contributed by atoms with E-state index >= 15 is 0 Å². The zero-order chi connectivity index (χ0) is 21.7. The largest absolute Gasteiger partial charge is 0.484 e. The van der Waals surface area contributed by atoms with Crippen molar-refractivity contribution in [2.24, 2.45) is 0 Å². The number of amides is 1. The molecule has 10 heteroatoms. The molecule has 3 rings (SSSR count). The van der Waals surface area contributed by atoms with E-state index in [0.717, 1.165) is 4.47 Å². The van der Waals surface area contributed by atoms with Gasteiger partial charge in [-0.3, -0.25) is 9.52 Å². The topological polar surface area (TPSA) is 84.5 Å². The van der Waals surface area contributed by atoms with Crippen LogP contribution in [0.2, 0.25) is 10.0 Å². The van der Waals surface area contributed by atoms with Crippen molar-refractivity contribution in [3.63, 3.8) is 0 Å². The summed E-state index contributed by atoms with van der Waals surface area (Å²) in [6.07, 6.45) is 0. The van der Waals surface area contributed by atoms with Crippen molar-refractivity contribution in [3.05, 3.63) is 81.2 Å². The minimum absolute atomic E-state index is 0.0676. The summed E-state index contributed by atoms with van der Waals surface area (Å²) in [5.41, 5.74) is 0.927. The monoisotopic (exact) mass is 528 g/mol. The number of halogens is 3. The number of sulfonamides is 1. The number of ether oxygens (including phenoxy) is 1. The quantitative estimate of drug-likeness (QED) is 0.418. The predicted molar refractivity (Wildman–Crippen MR) is 122 cm³/mol. The SMILES string of the molecule is O=C(COc1ccc(S(=O)(=O)Nc2ccc(Br)cc2)cc1)Nc1ccc(Cl)c(Cl)c1. The number of hydrogen-bond acceptors (Lipinski definition) is 4. The van der Waals surface area contributed by atoms with Gasteiger partial charge in [0.1, 0.15) is 5.75 Å². The van der Waals surface area contributed by atoms with Crippen LogP contribution in [0.3, 0.4) is 0 Å². The van der Waals surface area contributed by atoms with Gasteiger partial charge in [0.15, 0.2) is 6.61 Å². The first-order valence-corrected chi connectivity index (χ1v) is 11.5. The molecule has 3 aromatic rings. The van der Waals surface area contributed by atoms with Gasteiger partial charge in [0.2, 0.25) is 0 Å². The van der Waals surface area contributed by atoms with E-state index in [1.165, 1.54) is 30.3 Å². The van der Waals surface area contributed by atoms with Gasteiger partial charge in [-0.05, 0) is 66.7 Å². The molecule has 0 saturated heterocycles. The molecule has 2 N–H and O–H groups in total. The van der Waals surface area contributed by atoms with Crippen LogP contribution >= 0.6 is 39.1 Å². The van der Waals surface area contributed by atoms with E-state index in [1.807, 2.05) is 0 Å². The van der Waals surface area contributed by atoms with Gasteiger partial charge in [0.25, 0.3) is 15.9 Å². The highest BCUT2D eigenvalue weighted by molar-refractivity contribution is 9.10. The molecule has 0 aliphatic rings. The van der Waals surface area contributed by atoms with Crippen LogP contribution in [0.15, 0.2) is 76.1 Å². The Morgan fingerprint density at radius 3 is 2.17 bits per heavy atom. The van der Waals surface area contributed by atoms with E-state index in [9.17, 15) is 13.2 Å². The van der Waals surface area contributed by atoms with E-state index in [-0.39, 0.29) is 11.5 Å². The Balaban J connectivity index is 1.57. The van der Waals surface area contributed by atoms with E-state index in [4.69, 9.17) is 27.9 Å². The lowest BCUT2D eigenvalue weighted by Crippen LogP contribution is -2.20. The van der Waals surface area contributed by atoms with Gasteiger partial charge in [-0.2, -0.15) is 0 Å². The van der Waals surface area contributed by atoms with Crippen LogP contribution < -0.4 is 14.8 Å². The van der Waals surface area contributed by atoms with Gasteiger partial charge in [-0.25, -0.2) is 8.42 Å². The lowest BCUT2D eigenvalue weighted by molar-refractivity contribution is -0.118. The van der Waals surface area contributed by atoms with Crippen LogP contribution in [0.1, 0.15) is 0 Å². The molecule has 0 spiro atoms. The fourth-order valence-corrected chi connectivity index (χ4v) is 3.99. The fourth-order valence-electron chi connectivity index (χ4n) is 2.37. The molecule has 0 saturated carbocycles. The van der Waals surface area contributed by atoms with Crippen LogP contribution in [0.25, 0.3) is 0 Å². The maximum Gasteiger partial charge on any atom is 0.262 e. The van der Waals surface area contributed by atoms with Gasteiger partial charge in [0.05, 0.1) is 14.9 Å². The number of carbonyl (C=O) groups excluding carboxylic acids is 1. The first-order chi connectivity index (χ1) is 14.2. The van der Waals surface area contributed by atoms with Crippen molar-refractivity contribution in [2.45, 2.75) is 4.90 Å². The predicted octanol–water partition coefficient (Wildman–Crippen LogP) is 5.57. The Labute approximate surface area is 192 Å². The van der Waals surface area contributed by atoms with Gasteiger partial charge in [-0.1, -0.05) is 39.1 Å². The first-order valence-electron chi connectivity index (χ1n) is 8.49. The second-order valence-electron chi connectivity index (χ2n) is 6.05. The number of benzene rings is 3. The molecule has 0 aromatic heterocycles. The van der Waals surface area contributed by atoms with Gasteiger partial charge < -0.3 is 10.1 Å². The van der Waals surface area contributed by atoms with Crippen molar-refractivity contribution < 1.29 is 17.9 Å². The molecule has 0 radical (unpaired) electrons. The van der Waals surface area contributed by atoms with Crippen LogP contribution in [0, 0.1) is 0 Å². The highest BCUT2D eigenvalue weighted by atomic mass is 79.9. The molecule has 0 aliphatic carbocycles. The summed E-state index contributed by atoms with van der Waals surface area (Å²) in [4.78, 5) is 12.1. The number of anilines is 2. The molecule has 156 valence electrons. The molecule has 0 fully saturated rings. The highest BCUT2D eigenvalue weighted by Crippen LogP contribution is 2.25. The van der Waals surface area contributed by atoms with Crippen LogP contribution in [0.4, 0.5) is 11.4 Å². The first kappa shape index (κ1) is 22.4. The summed E-state index contributed by atoms with van der Waals surface area (Å²) < 4.78 is 33.7. The second kappa shape index (κ2) is 9.70. The van der Waals surface area contributed by atoms with Crippen molar-refractivity contribution in [1.29, 1.82) is 0 Å². The van der Waals surface area contributed by atoms with Gasteiger partial charge in [-0.15, -0.1) is 0 Å². The van der Waals surface area contributed by atoms with Crippen molar-refractivity contribution in [2.75, 3.05) is 16.6 Å². The molecule has 6 nitrogen and oxygen atoms in total. The average Bonchev–Trinajstić information content (AvgIpc) is 2.71. The van der Waals surface area contributed by atoms with Crippen LogP contribution in [-0.4, -0.2) is 20.9 Å². The van der Waals surface area contributed by atoms with Gasteiger partial charge >= 0.3 is 0 Å². The molecule has 3 aromatic carbocycles. The summed E-state index contributed by atoms with van der Waals surface area (Å²) in [5.74, 6) is -0.0520. The summed E-state index contributed by atoms with van der Waals surface area (Å²) in [5, 5.41) is 3.34. The standard InChI is InChI=1S/C20H15BrCl2N2O4S/c21-13-1-3-14(4-2-13)25-30(27,28)17-8-6-16(7-9-17)29-12-20(26)24-15-5-10-18(22)19(23)11-15/h1-11,25H,12H2,(H,24,26). The summed E-state index contributed by atoms with van der Waals surface area (Å²) in [6, 6.07) is 17.2. The third kappa shape index (κ3) is 6.12. The minimum Gasteiger partial charge on any atom is -0.484 e. The summed E-state index contributed by atoms with van der Waals surface area (Å²) in [7, 11) is -3.75. The molecule has 0 atom stereocenters. The Morgan fingerprint density at radius 1 is 0.900 bits per heavy atom. The Hall–Kier alpha value is -2.26. The lowest BCUT2D eigenvalue weighted by Gasteiger charge is -2.10. The second-order valence-corrected chi connectivity index (χ2v) is 9.46. The van der Waals surface area contributed by atoms with E-state index in [1.54, 1.807) is 36.4 Å². The number of nitrogens with one attached hydrogen (secondary N) is 2. The number of rotatable bonds is 7. The van der Waals surface area contributed by atoms with Crippen LogP contribution in [-0.2, 0) is 14.8 Å². The zero-order valence-corrected chi connectivity index (χ0v) is 19.1. The minimum atomic E-state index is -3.75. The third-order valence-corrected chi connectivity index (χ3v) is 6.47. The molecule has 0 unspecified atom stereocenters. The molecule has 30 heavy (non-hydrogen) atoms. The van der Waals surface area contributed by atoms with E-state index < -0.39 is 15.9 Å². The van der Waals surface area contributed by atoms with Crippen molar-refractivity contribution >= 4 is 66.4 Å². The number of hydrogen-bond donors (Lipinski definition) is 2. The zero-order valence-electron chi connectivity index (χ0n) is 15.2. The average molecular weight is 530 g/mol. The molecular formula is C20H15BrCl2N2O4S.